The third-order valence-corrected chi connectivity index (χ3v) is 5.28. The first-order valence-corrected chi connectivity index (χ1v) is 8.26. The van der Waals surface area contributed by atoms with Crippen LogP contribution in [0.15, 0.2) is 17.5 Å². The quantitative estimate of drug-likeness (QED) is 0.848. The van der Waals surface area contributed by atoms with Gasteiger partial charge in [-0.2, -0.15) is 0 Å². The van der Waals surface area contributed by atoms with Crippen molar-refractivity contribution in [1.29, 1.82) is 0 Å². The van der Waals surface area contributed by atoms with E-state index in [1.165, 1.54) is 11.3 Å². The molecule has 2 amide bonds. The summed E-state index contributed by atoms with van der Waals surface area (Å²) in [5.74, 6) is -1.26. The molecule has 1 aromatic rings. The van der Waals surface area contributed by atoms with Gasteiger partial charge in [-0.1, -0.05) is 6.07 Å². The van der Waals surface area contributed by atoms with Gasteiger partial charge < -0.3 is 15.3 Å². The Bertz CT molecular complexity index is 582. The Morgan fingerprint density at radius 2 is 2.09 bits per heavy atom. The van der Waals surface area contributed by atoms with Gasteiger partial charge in [0, 0.05) is 13.1 Å². The number of aliphatic carboxylic acids is 1. The molecule has 0 spiro atoms. The molecule has 2 fully saturated rings. The smallest absolute Gasteiger partial charge is 0.308 e. The summed E-state index contributed by atoms with van der Waals surface area (Å²) in [6.45, 7) is 0.667. The van der Waals surface area contributed by atoms with E-state index in [1.54, 1.807) is 22.4 Å². The molecule has 118 valence electrons. The highest BCUT2D eigenvalue weighted by Gasteiger charge is 2.46. The van der Waals surface area contributed by atoms with Crippen LogP contribution in [-0.2, 0) is 9.59 Å². The summed E-state index contributed by atoms with van der Waals surface area (Å²) in [5, 5.41) is 13.7. The highest BCUT2D eigenvalue weighted by molar-refractivity contribution is 7.12. The van der Waals surface area contributed by atoms with Crippen molar-refractivity contribution < 1.29 is 19.5 Å². The summed E-state index contributed by atoms with van der Waals surface area (Å²) >= 11 is 1.32. The predicted molar refractivity (Wildman–Crippen MR) is 80.6 cm³/mol. The van der Waals surface area contributed by atoms with E-state index in [0.29, 0.717) is 17.3 Å². The molecule has 2 atom stereocenters. The van der Waals surface area contributed by atoms with Crippen LogP contribution in [0.5, 0.6) is 0 Å². The van der Waals surface area contributed by atoms with Crippen molar-refractivity contribution in [2.75, 3.05) is 19.6 Å². The van der Waals surface area contributed by atoms with E-state index in [0.717, 1.165) is 12.8 Å². The van der Waals surface area contributed by atoms with Crippen molar-refractivity contribution >= 4 is 29.1 Å². The average Bonchev–Trinajstić information content (AvgIpc) is 3.04. The Balaban J connectivity index is 1.54. The average molecular weight is 322 g/mol. The van der Waals surface area contributed by atoms with Gasteiger partial charge in [0.15, 0.2) is 0 Å². The zero-order valence-electron chi connectivity index (χ0n) is 12.0. The van der Waals surface area contributed by atoms with Crippen LogP contribution in [0.3, 0.4) is 0 Å². The van der Waals surface area contributed by atoms with E-state index in [1.807, 2.05) is 0 Å². The van der Waals surface area contributed by atoms with E-state index in [-0.39, 0.29) is 30.8 Å². The lowest BCUT2D eigenvalue weighted by molar-refractivity contribution is -0.142. The summed E-state index contributed by atoms with van der Waals surface area (Å²) < 4.78 is 0. The number of carboxylic acids is 1. The highest BCUT2D eigenvalue weighted by atomic mass is 32.1. The molecule has 0 radical (unpaired) electrons. The molecule has 1 saturated carbocycles. The van der Waals surface area contributed by atoms with Crippen molar-refractivity contribution in [1.82, 2.24) is 10.2 Å². The lowest BCUT2D eigenvalue weighted by atomic mass is 9.92. The number of likely N-dealkylation sites (tertiary alicyclic amines) is 1. The Labute approximate surface area is 132 Å². The fraction of sp³-hybridized carbons (Fsp3) is 0.533. The van der Waals surface area contributed by atoms with Crippen LogP contribution in [0.2, 0.25) is 0 Å². The van der Waals surface area contributed by atoms with Gasteiger partial charge in [-0.15, -0.1) is 11.3 Å². The van der Waals surface area contributed by atoms with Crippen molar-refractivity contribution in [3.8, 4) is 0 Å². The predicted octanol–water partition coefficient (Wildman–Crippen LogP) is 1.05. The topological polar surface area (TPSA) is 86.7 Å². The van der Waals surface area contributed by atoms with Crippen molar-refractivity contribution in [2.45, 2.75) is 12.8 Å². The zero-order chi connectivity index (χ0) is 15.7. The molecular weight excluding hydrogens is 304 g/mol. The molecular formula is C15H18N2O4S. The molecule has 2 N–H and O–H groups in total. The maximum atomic E-state index is 12.2. The first-order chi connectivity index (χ1) is 10.6. The number of rotatable bonds is 5. The minimum Gasteiger partial charge on any atom is -0.481 e. The van der Waals surface area contributed by atoms with Gasteiger partial charge in [-0.05, 0) is 36.1 Å². The number of amides is 2. The van der Waals surface area contributed by atoms with Crippen LogP contribution < -0.4 is 5.32 Å². The molecule has 1 aliphatic heterocycles. The number of carbonyl (C=O) groups is 3. The van der Waals surface area contributed by atoms with Crippen LogP contribution in [0, 0.1) is 17.8 Å². The fourth-order valence-electron chi connectivity index (χ4n) is 3.06. The number of hydrogen-bond acceptors (Lipinski definition) is 4. The number of thiophene rings is 1. The lowest BCUT2D eigenvalue weighted by Crippen LogP contribution is -2.39. The molecule has 2 aliphatic rings. The third-order valence-electron chi connectivity index (χ3n) is 4.41. The van der Waals surface area contributed by atoms with Gasteiger partial charge in [0.1, 0.15) is 0 Å². The Morgan fingerprint density at radius 1 is 1.32 bits per heavy atom. The van der Waals surface area contributed by atoms with Gasteiger partial charge in [-0.3, -0.25) is 14.4 Å². The van der Waals surface area contributed by atoms with E-state index in [4.69, 9.17) is 0 Å². The maximum absolute atomic E-state index is 12.2. The Kier molecular flexibility index (Phi) is 4.15. The monoisotopic (exact) mass is 322 g/mol. The highest BCUT2D eigenvalue weighted by Crippen LogP contribution is 2.44. The molecule has 0 unspecified atom stereocenters. The second kappa shape index (κ2) is 6.08. The number of nitrogens with zero attached hydrogens (tertiary/aromatic N) is 1. The van der Waals surface area contributed by atoms with Crippen molar-refractivity contribution in [3.05, 3.63) is 22.4 Å². The van der Waals surface area contributed by atoms with Crippen molar-refractivity contribution in [2.24, 2.45) is 17.8 Å². The fourth-order valence-corrected chi connectivity index (χ4v) is 3.70. The molecule has 6 nitrogen and oxygen atoms in total. The van der Waals surface area contributed by atoms with Crippen LogP contribution in [0.25, 0.3) is 0 Å². The van der Waals surface area contributed by atoms with Gasteiger partial charge >= 0.3 is 5.97 Å². The summed E-state index contributed by atoms with van der Waals surface area (Å²) in [5.41, 5.74) is 0. The Morgan fingerprint density at radius 3 is 2.68 bits per heavy atom. The minimum absolute atomic E-state index is 0.0643. The second-order valence-corrected chi connectivity index (χ2v) is 6.85. The standard InChI is InChI=1S/C15H18N2O4S/c18-13(6-16-14(19)12-2-1-5-22-12)17-7-10(9-3-4-9)11(8-17)15(20)21/h1-2,5,9-11H,3-4,6-8H2,(H,16,19)(H,20,21)/t10-,11+/m1/s1. The first-order valence-electron chi connectivity index (χ1n) is 7.38. The number of nitrogens with one attached hydrogen (secondary N) is 1. The Hall–Kier alpha value is -1.89. The summed E-state index contributed by atoms with van der Waals surface area (Å²) in [7, 11) is 0. The van der Waals surface area contributed by atoms with Gasteiger partial charge in [-0.25, -0.2) is 0 Å². The lowest BCUT2D eigenvalue weighted by Gasteiger charge is -2.16. The molecule has 2 heterocycles. The normalized spacial score (nSPS) is 24.3. The SMILES string of the molecule is O=C(NCC(=O)N1C[C@H](C(=O)O)[C@@H](C2CC2)C1)c1cccs1. The minimum atomic E-state index is -0.824. The van der Waals surface area contributed by atoms with Crippen molar-refractivity contribution in [3.63, 3.8) is 0 Å². The molecule has 1 aromatic heterocycles. The van der Waals surface area contributed by atoms with Crippen LogP contribution in [0.4, 0.5) is 0 Å². The number of carbonyl (C=O) groups excluding carboxylic acids is 2. The third kappa shape index (κ3) is 3.14. The molecule has 7 heteroatoms. The molecule has 3 rings (SSSR count). The van der Waals surface area contributed by atoms with Gasteiger partial charge in [0.05, 0.1) is 17.3 Å². The summed E-state index contributed by atoms with van der Waals surface area (Å²) in [6, 6.07) is 3.48. The number of hydrogen-bond donors (Lipinski definition) is 2. The molecule has 1 saturated heterocycles. The zero-order valence-corrected chi connectivity index (χ0v) is 12.8. The van der Waals surface area contributed by atoms with E-state index in [2.05, 4.69) is 5.32 Å². The summed E-state index contributed by atoms with van der Waals surface area (Å²) in [6.07, 6.45) is 2.12. The van der Waals surface area contributed by atoms with E-state index >= 15 is 0 Å². The molecule has 0 aromatic carbocycles. The van der Waals surface area contributed by atoms with E-state index in [9.17, 15) is 19.5 Å². The first kappa shape index (κ1) is 15.0. The van der Waals surface area contributed by atoms with Crippen LogP contribution in [-0.4, -0.2) is 47.4 Å². The molecule has 22 heavy (non-hydrogen) atoms. The molecule has 0 bridgehead atoms. The van der Waals surface area contributed by atoms with Gasteiger partial charge in [0.25, 0.3) is 5.91 Å². The maximum Gasteiger partial charge on any atom is 0.308 e. The largest absolute Gasteiger partial charge is 0.481 e. The second-order valence-electron chi connectivity index (χ2n) is 5.90. The van der Waals surface area contributed by atoms with E-state index < -0.39 is 11.9 Å². The van der Waals surface area contributed by atoms with Gasteiger partial charge in [0.2, 0.25) is 5.91 Å². The molecule has 1 aliphatic carbocycles. The van der Waals surface area contributed by atoms with Crippen LogP contribution in [0.1, 0.15) is 22.5 Å². The number of carboxylic acid groups (broad SMARTS) is 1. The summed E-state index contributed by atoms with van der Waals surface area (Å²) in [4.78, 5) is 37.5. The van der Waals surface area contributed by atoms with Crippen LogP contribution >= 0.6 is 11.3 Å².